The van der Waals surface area contributed by atoms with Crippen LogP contribution in [-0.2, 0) is 10.0 Å². The lowest BCUT2D eigenvalue weighted by molar-refractivity contribution is 0.386. The molecular weight excluding hydrogens is 496 g/mol. The number of hydrogen-bond acceptors (Lipinski definition) is 6. The van der Waals surface area contributed by atoms with Crippen molar-refractivity contribution in [1.29, 1.82) is 0 Å². The van der Waals surface area contributed by atoms with Crippen LogP contribution < -0.4 is 10.0 Å². The summed E-state index contributed by atoms with van der Waals surface area (Å²) in [6.45, 7) is 0. The third-order valence-electron chi connectivity index (χ3n) is 7.00. The Morgan fingerprint density at radius 2 is 1.75 bits per heavy atom. The maximum absolute atomic E-state index is 12.3. The van der Waals surface area contributed by atoms with Crippen molar-refractivity contribution in [2.24, 2.45) is 0 Å². The quantitative estimate of drug-likeness (QED) is 0.289. The van der Waals surface area contributed by atoms with E-state index in [1.54, 1.807) is 6.20 Å². The van der Waals surface area contributed by atoms with Gasteiger partial charge in [0, 0.05) is 58.9 Å². The summed E-state index contributed by atoms with van der Waals surface area (Å²) in [5.74, 6) is 0.713. The van der Waals surface area contributed by atoms with E-state index in [2.05, 4.69) is 36.0 Å². The molecule has 0 aliphatic heterocycles. The average Bonchev–Trinajstić information content (AvgIpc) is 3.66. The lowest BCUT2D eigenvalue weighted by atomic mass is 9.92. The molecule has 0 radical (unpaired) electrons. The van der Waals surface area contributed by atoms with Gasteiger partial charge in [0.05, 0.1) is 5.25 Å². The normalized spacial score (nSPS) is 20.5. The minimum Gasteiger partial charge on any atom is -0.367 e. The van der Waals surface area contributed by atoms with Gasteiger partial charge in [-0.3, -0.25) is 4.98 Å². The molecule has 0 atom stereocenters. The van der Waals surface area contributed by atoms with Crippen molar-refractivity contribution < 1.29 is 8.42 Å². The van der Waals surface area contributed by atoms with Gasteiger partial charge in [-0.15, -0.1) is 0 Å². The predicted molar refractivity (Wildman–Crippen MR) is 142 cm³/mol. The summed E-state index contributed by atoms with van der Waals surface area (Å²) in [4.78, 5) is 16.6. The number of H-pyrrole nitrogens is 1. The zero-order valence-electron chi connectivity index (χ0n) is 19.6. The molecule has 0 unspecified atom stereocenters. The van der Waals surface area contributed by atoms with Gasteiger partial charge in [0.1, 0.15) is 16.6 Å². The van der Waals surface area contributed by atoms with E-state index in [0.29, 0.717) is 11.0 Å². The van der Waals surface area contributed by atoms with Gasteiger partial charge in [-0.1, -0.05) is 17.7 Å². The maximum atomic E-state index is 12.3. The van der Waals surface area contributed by atoms with E-state index in [4.69, 9.17) is 11.6 Å². The minimum atomic E-state index is -3.15. The second-order valence-corrected chi connectivity index (χ2v) is 12.1. The van der Waals surface area contributed by atoms with Gasteiger partial charge in [0.2, 0.25) is 10.0 Å². The first kappa shape index (κ1) is 23.4. The molecule has 4 aromatic rings. The summed E-state index contributed by atoms with van der Waals surface area (Å²) >= 11 is 6.43. The Labute approximate surface area is 215 Å². The van der Waals surface area contributed by atoms with Crippen molar-refractivity contribution in [1.82, 2.24) is 24.7 Å². The monoisotopic (exact) mass is 522 g/mol. The highest BCUT2D eigenvalue weighted by molar-refractivity contribution is 7.90. The van der Waals surface area contributed by atoms with Crippen molar-refractivity contribution in [3.05, 3.63) is 60.3 Å². The average molecular weight is 523 g/mol. The predicted octanol–water partition coefficient (Wildman–Crippen LogP) is 5.15. The van der Waals surface area contributed by atoms with E-state index in [9.17, 15) is 8.42 Å². The second kappa shape index (κ2) is 9.46. The number of rotatable bonds is 7. The molecule has 0 aromatic carbocycles. The molecule has 3 N–H and O–H groups in total. The third kappa shape index (κ3) is 4.96. The summed E-state index contributed by atoms with van der Waals surface area (Å²) < 4.78 is 27.4. The zero-order valence-corrected chi connectivity index (χ0v) is 21.2. The minimum absolute atomic E-state index is 0.0178. The number of fused-ring (bicyclic) bond motifs is 1. The highest BCUT2D eigenvalue weighted by Crippen LogP contribution is 2.34. The molecule has 0 saturated heterocycles. The fourth-order valence-electron chi connectivity index (χ4n) is 4.93. The van der Waals surface area contributed by atoms with Crippen LogP contribution in [0, 0.1) is 0 Å². The molecule has 4 heterocycles. The largest absolute Gasteiger partial charge is 0.367 e. The Balaban J connectivity index is 1.19. The fourth-order valence-corrected chi connectivity index (χ4v) is 6.79. The van der Waals surface area contributed by atoms with Gasteiger partial charge in [-0.05, 0) is 68.4 Å². The molecule has 36 heavy (non-hydrogen) atoms. The summed E-state index contributed by atoms with van der Waals surface area (Å²) in [7, 11) is -3.15. The van der Waals surface area contributed by atoms with Gasteiger partial charge in [-0.25, -0.2) is 23.1 Å². The molecule has 0 spiro atoms. The second-order valence-electron chi connectivity index (χ2n) is 9.68. The van der Waals surface area contributed by atoms with Gasteiger partial charge >= 0.3 is 0 Å². The molecule has 0 bridgehead atoms. The van der Waals surface area contributed by atoms with Crippen LogP contribution in [0.15, 0.2) is 55.1 Å². The van der Waals surface area contributed by atoms with Crippen LogP contribution >= 0.6 is 11.6 Å². The first-order valence-corrected chi connectivity index (χ1v) is 14.2. The van der Waals surface area contributed by atoms with Gasteiger partial charge in [0.25, 0.3) is 0 Å². The lowest BCUT2D eigenvalue weighted by Crippen LogP contribution is -2.41. The number of pyridine rings is 3. The van der Waals surface area contributed by atoms with Crippen LogP contribution in [0.1, 0.15) is 38.5 Å². The Morgan fingerprint density at radius 1 is 0.944 bits per heavy atom. The molecule has 0 amide bonds. The molecule has 10 heteroatoms. The SMILES string of the molecule is O=S(=O)(N[C@H]1CC[C@H](Nc2cc(-c3c[nH]c4ncc(-c5cccnc5)cc34)cc(Cl)n2)CC1)C1CC1. The topological polar surface area (TPSA) is 113 Å². The standard InChI is InChI=1S/C26H27ClN6O2S/c27-24-11-17(23-15-30-26-22(23)10-18(14-29-26)16-2-1-9-28-13-16)12-25(32-24)31-19-3-5-20(6-4-19)33-36(34,35)21-7-8-21/h1-2,9-15,19-21,33H,3-8H2,(H,29,30)(H,31,32)/t19-,20-. The fraction of sp³-hybridized carbons (Fsp3) is 0.346. The van der Waals surface area contributed by atoms with Crippen LogP contribution in [0.5, 0.6) is 0 Å². The highest BCUT2D eigenvalue weighted by atomic mass is 35.5. The molecule has 2 saturated carbocycles. The molecule has 4 aromatic heterocycles. The first-order chi connectivity index (χ1) is 17.4. The summed E-state index contributed by atoms with van der Waals surface area (Å²) in [5, 5.41) is 4.75. The molecule has 6 rings (SSSR count). The third-order valence-corrected chi connectivity index (χ3v) is 9.21. The highest BCUT2D eigenvalue weighted by Gasteiger charge is 2.37. The summed E-state index contributed by atoms with van der Waals surface area (Å²) in [5.41, 5.74) is 4.73. The first-order valence-electron chi connectivity index (χ1n) is 12.3. The molecule has 2 aliphatic carbocycles. The van der Waals surface area contributed by atoms with Crippen LogP contribution in [0.3, 0.4) is 0 Å². The Hall–Kier alpha value is -3.01. The number of aromatic nitrogens is 4. The summed E-state index contributed by atoms with van der Waals surface area (Å²) in [6, 6.07) is 10.1. The number of halogens is 1. The maximum Gasteiger partial charge on any atom is 0.214 e. The number of anilines is 1. The van der Waals surface area contributed by atoms with E-state index >= 15 is 0 Å². The van der Waals surface area contributed by atoms with E-state index in [0.717, 1.165) is 71.8 Å². The van der Waals surface area contributed by atoms with Crippen LogP contribution in [0.4, 0.5) is 5.82 Å². The Kier molecular flexibility index (Phi) is 6.15. The van der Waals surface area contributed by atoms with Gasteiger partial charge in [-0.2, -0.15) is 0 Å². The van der Waals surface area contributed by atoms with Crippen molar-refractivity contribution in [3.8, 4) is 22.3 Å². The molecule has 2 aliphatic rings. The van der Waals surface area contributed by atoms with Gasteiger partial charge < -0.3 is 10.3 Å². The van der Waals surface area contributed by atoms with E-state index in [1.807, 2.05) is 42.9 Å². The van der Waals surface area contributed by atoms with Crippen LogP contribution in [0.2, 0.25) is 5.15 Å². The van der Waals surface area contributed by atoms with Crippen molar-refractivity contribution in [3.63, 3.8) is 0 Å². The lowest BCUT2D eigenvalue weighted by Gasteiger charge is -2.30. The van der Waals surface area contributed by atoms with Crippen molar-refractivity contribution in [2.75, 3.05) is 5.32 Å². The number of nitrogens with one attached hydrogen (secondary N) is 3. The van der Waals surface area contributed by atoms with E-state index in [1.165, 1.54) is 0 Å². The van der Waals surface area contributed by atoms with E-state index < -0.39 is 10.0 Å². The Bertz CT molecular complexity index is 1500. The van der Waals surface area contributed by atoms with Crippen molar-refractivity contribution >= 4 is 38.5 Å². The van der Waals surface area contributed by atoms with E-state index in [-0.39, 0.29) is 17.3 Å². The summed E-state index contributed by atoms with van der Waals surface area (Å²) in [6.07, 6.45) is 12.3. The van der Waals surface area contributed by atoms with Crippen LogP contribution in [-0.4, -0.2) is 45.7 Å². The van der Waals surface area contributed by atoms with Crippen molar-refractivity contribution in [2.45, 2.75) is 55.9 Å². The number of nitrogens with zero attached hydrogens (tertiary/aromatic N) is 3. The number of sulfonamides is 1. The van der Waals surface area contributed by atoms with Gasteiger partial charge in [0.15, 0.2) is 0 Å². The number of aromatic amines is 1. The Morgan fingerprint density at radius 3 is 2.50 bits per heavy atom. The molecule has 8 nitrogen and oxygen atoms in total. The van der Waals surface area contributed by atoms with Crippen LogP contribution in [0.25, 0.3) is 33.3 Å². The smallest absolute Gasteiger partial charge is 0.214 e. The molecule has 186 valence electrons. The molecule has 2 fully saturated rings. The number of hydrogen-bond donors (Lipinski definition) is 3. The zero-order chi connectivity index (χ0) is 24.7. The molecular formula is C26H27ClN6O2S.